The van der Waals surface area contributed by atoms with Gasteiger partial charge in [0, 0.05) is 12.2 Å². The SMILES string of the molecule is CCCCCCC(CC=CCCCCCCCC(O)CCCCCCCC=CCC(CCCCCC)O[Si](C)(C)C(C)(C)C)O[Si](C)(C)C(C)(C)C. The lowest BCUT2D eigenvalue weighted by atomic mass is 10.0. The van der Waals surface area contributed by atoms with Crippen LogP contribution >= 0.6 is 0 Å². The van der Waals surface area contributed by atoms with Crippen LogP contribution in [-0.2, 0) is 8.85 Å². The minimum Gasteiger partial charge on any atom is -0.414 e. The second-order valence-electron chi connectivity index (χ2n) is 19.5. The fourth-order valence-electron chi connectivity index (χ4n) is 6.46. The predicted molar refractivity (Wildman–Crippen MR) is 240 cm³/mol. The minimum atomic E-state index is -1.73. The summed E-state index contributed by atoms with van der Waals surface area (Å²) in [5.41, 5.74) is 0. The zero-order valence-corrected chi connectivity index (χ0v) is 39.7. The zero-order valence-electron chi connectivity index (χ0n) is 37.7. The fourth-order valence-corrected chi connectivity index (χ4v) is 9.26. The molecule has 0 aliphatic heterocycles. The maximum Gasteiger partial charge on any atom is 0.192 e. The van der Waals surface area contributed by atoms with Gasteiger partial charge in [-0.05, 0) is 100 Å². The minimum absolute atomic E-state index is 0.0993. The van der Waals surface area contributed by atoms with Gasteiger partial charge in [0.05, 0.1) is 6.10 Å². The van der Waals surface area contributed by atoms with Crippen molar-refractivity contribution in [1.29, 1.82) is 0 Å². The molecule has 0 aliphatic rings. The van der Waals surface area contributed by atoms with Crippen LogP contribution in [0.3, 0.4) is 0 Å². The van der Waals surface area contributed by atoms with Gasteiger partial charge in [-0.25, -0.2) is 0 Å². The molecule has 0 radical (unpaired) electrons. The Bertz CT molecular complexity index is 797. The van der Waals surface area contributed by atoms with Crippen molar-refractivity contribution in [3.8, 4) is 0 Å². The summed E-state index contributed by atoms with van der Waals surface area (Å²) >= 11 is 0. The van der Waals surface area contributed by atoms with E-state index in [-0.39, 0.29) is 16.2 Å². The molecule has 5 heteroatoms. The number of hydrogen-bond donors (Lipinski definition) is 1. The molecule has 0 heterocycles. The summed E-state index contributed by atoms with van der Waals surface area (Å²) in [7, 11) is -3.46. The Labute approximate surface area is 330 Å². The normalized spacial score (nSPS) is 15.2. The molecule has 0 aromatic heterocycles. The van der Waals surface area contributed by atoms with E-state index in [1.807, 2.05) is 0 Å². The predicted octanol–water partition coefficient (Wildman–Crippen LogP) is 16.4. The molecular formula is C47H96O3Si2. The van der Waals surface area contributed by atoms with Gasteiger partial charge >= 0.3 is 0 Å². The van der Waals surface area contributed by atoms with Crippen molar-refractivity contribution in [3.63, 3.8) is 0 Å². The molecule has 0 saturated carbocycles. The third-order valence-corrected chi connectivity index (χ3v) is 21.3. The Morgan fingerprint density at radius 1 is 0.442 bits per heavy atom. The van der Waals surface area contributed by atoms with Gasteiger partial charge in [0.1, 0.15) is 0 Å². The van der Waals surface area contributed by atoms with E-state index in [0.29, 0.717) is 12.2 Å². The van der Waals surface area contributed by atoms with Crippen LogP contribution in [0.25, 0.3) is 0 Å². The first-order valence-corrected chi connectivity index (χ1v) is 28.6. The van der Waals surface area contributed by atoms with Crippen LogP contribution in [0, 0.1) is 0 Å². The highest BCUT2D eigenvalue weighted by atomic mass is 28.4. The molecule has 0 aliphatic carbocycles. The molecule has 0 bridgehead atoms. The van der Waals surface area contributed by atoms with E-state index in [0.717, 1.165) is 25.7 Å². The Morgan fingerprint density at radius 2 is 0.750 bits per heavy atom. The molecule has 0 spiro atoms. The first kappa shape index (κ1) is 51.8. The lowest BCUT2D eigenvalue weighted by Gasteiger charge is -2.39. The number of aliphatic hydroxyl groups is 1. The Morgan fingerprint density at radius 3 is 1.10 bits per heavy atom. The quantitative estimate of drug-likeness (QED) is 0.0403. The molecule has 0 aromatic rings. The van der Waals surface area contributed by atoms with Crippen LogP contribution in [0.4, 0.5) is 0 Å². The summed E-state index contributed by atoms with van der Waals surface area (Å²) in [5.74, 6) is 0. The number of hydrogen-bond acceptors (Lipinski definition) is 3. The maximum absolute atomic E-state index is 10.5. The lowest BCUT2D eigenvalue weighted by molar-refractivity contribution is 0.147. The smallest absolute Gasteiger partial charge is 0.192 e. The fraction of sp³-hybridized carbons (Fsp3) is 0.915. The molecule has 0 aromatic carbocycles. The van der Waals surface area contributed by atoms with Crippen molar-refractivity contribution in [2.75, 3.05) is 0 Å². The van der Waals surface area contributed by atoms with Crippen LogP contribution in [0.2, 0.25) is 36.3 Å². The highest BCUT2D eigenvalue weighted by molar-refractivity contribution is 6.74. The highest BCUT2D eigenvalue weighted by Gasteiger charge is 2.39. The van der Waals surface area contributed by atoms with Crippen molar-refractivity contribution in [2.45, 2.75) is 277 Å². The third-order valence-electron chi connectivity index (χ3n) is 12.2. The monoisotopic (exact) mass is 765 g/mol. The Balaban J connectivity index is 4.03. The Hall–Kier alpha value is -0.206. The van der Waals surface area contributed by atoms with Crippen molar-refractivity contribution in [1.82, 2.24) is 0 Å². The molecule has 2 unspecified atom stereocenters. The summed E-state index contributed by atoms with van der Waals surface area (Å²) in [6.45, 7) is 28.3. The van der Waals surface area contributed by atoms with Gasteiger partial charge in [-0.15, -0.1) is 0 Å². The molecule has 0 fully saturated rings. The van der Waals surface area contributed by atoms with E-state index in [9.17, 15) is 5.11 Å². The Kier molecular flexibility index (Phi) is 29.9. The largest absolute Gasteiger partial charge is 0.414 e. The molecule has 2 atom stereocenters. The van der Waals surface area contributed by atoms with Crippen molar-refractivity contribution >= 4 is 16.6 Å². The van der Waals surface area contributed by atoms with E-state index in [1.54, 1.807) is 0 Å². The van der Waals surface area contributed by atoms with Gasteiger partial charge < -0.3 is 14.0 Å². The second-order valence-corrected chi connectivity index (χ2v) is 29.0. The van der Waals surface area contributed by atoms with Gasteiger partial charge in [0.15, 0.2) is 16.6 Å². The first-order valence-electron chi connectivity index (χ1n) is 22.8. The molecule has 1 N–H and O–H groups in total. The van der Waals surface area contributed by atoms with E-state index >= 15 is 0 Å². The van der Waals surface area contributed by atoms with E-state index in [1.165, 1.54) is 141 Å². The van der Waals surface area contributed by atoms with Crippen LogP contribution in [0.15, 0.2) is 24.3 Å². The van der Waals surface area contributed by atoms with Gasteiger partial charge in [0.2, 0.25) is 0 Å². The second kappa shape index (κ2) is 30.0. The van der Waals surface area contributed by atoms with Gasteiger partial charge in [-0.1, -0.05) is 182 Å². The van der Waals surface area contributed by atoms with E-state index in [2.05, 4.69) is 106 Å². The zero-order chi connectivity index (χ0) is 39.4. The third kappa shape index (κ3) is 27.4. The molecule has 0 rings (SSSR count). The topological polar surface area (TPSA) is 38.7 Å². The molecule has 0 amide bonds. The van der Waals surface area contributed by atoms with Crippen LogP contribution in [0.1, 0.15) is 222 Å². The molecule has 0 saturated heterocycles. The summed E-state index contributed by atoms with van der Waals surface area (Å²) in [5, 5.41) is 11.0. The molecule has 3 nitrogen and oxygen atoms in total. The average Bonchev–Trinajstić information content (AvgIpc) is 3.05. The van der Waals surface area contributed by atoms with E-state index in [4.69, 9.17) is 8.85 Å². The van der Waals surface area contributed by atoms with Gasteiger partial charge in [-0.2, -0.15) is 0 Å². The first-order chi connectivity index (χ1) is 24.5. The molecular weight excluding hydrogens is 669 g/mol. The number of rotatable bonds is 34. The lowest BCUT2D eigenvalue weighted by Crippen LogP contribution is -2.43. The van der Waals surface area contributed by atoms with Crippen LogP contribution in [-0.4, -0.2) is 40.1 Å². The summed E-state index contributed by atoms with van der Waals surface area (Å²) in [6.07, 6.45) is 42.4. The van der Waals surface area contributed by atoms with E-state index < -0.39 is 16.6 Å². The number of aliphatic hydroxyl groups excluding tert-OH is 1. The van der Waals surface area contributed by atoms with Crippen LogP contribution < -0.4 is 0 Å². The number of unbranched alkanes of at least 4 members (excludes halogenated alkanes) is 16. The van der Waals surface area contributed by atoms with Gasteiger partial charge in [0.25, 0.3) is 0 Å². The highest BCUT2D eigenvalue weighted by Crippen LogP contribution is 2.39. The summed E-state index contributed by atoms with van der Waals surface area (Å²) in [4.78, 5) is 0. The van der Waals surface area contributed by atoms with Crippen molar-refractivity contribution in [2.24, 2.45) is 0 Å². The van der Waals surface area contributed by atoms with Crippen LogP contribution in [0.5, 0.6) is 0 Å². The van der Waals surface area contributed by atoms with Gasteiger partial charge in [-0.3, -0.25) is 0 Å². The standard InChI is InChI=1S/C47H96O3Si2/c1-13-15-17-33-39-44(49-51(9,10)46(3,4)5)41-35-29-25-21-19-23-27-31-37-43(48)38-32-28-24-20-22-26-30-36-42-45(40-34-18-16-14-2)50-52(11,12)47(6,7)8/h29-30,35-36,43-45,48H,13-28,31-34,37-42H2,1-12H3. The average molecular weight is 765 g/mol. The maximum atomic E-state index is 10.5. The van der Waals surface area contributed by atoms with Crippen molar-refractivity contribution < 1.29 is 14.0 Å². The number of allylic oxidation sites excluding steroid dienone is 2. The van der Waals surface area contributed by atoms with Crippen molar-refractivity contribution in [3.05, 3.63) is 24.3 Å². The summed E-state index contributed by atoms with van der Waals surface area (Å²) < 4.78 is 13.7. The summed E-state index contributed by atoms with van der Waals surface area (Å²) in [6, 6.07) is 0. The molecule has 310 valence electrons. The molecule has 52 heavy (non-hydrogen) atoms.